The van der Waals surface area contributed by atoms with Crippen molar-refractivity contribution in [3.63, 3.8) is 0 Å². The lowest BCUT2D eigenvalue weighted by molar-refractivity contribution is 0.364. The molecule has 7 heteroatoms. The highest BCUT2D eigenvalue weighted by Crippen LogP contribution is 2.38. The molecule has 1 heterocycles. The van der Waals surface area contributed by atoms with Gasteiger partial charge in [0.1, 0.15) is 0 Å². The fraction of sp³-hybridized carbons (Fsp3) is 0.333. The van der Waals surface area contributed by atoms with E-state index in [1.54, 1.807) is 0 Å². The van der Waals surface area contributed by atoms with E-state index in [0.717, 1.165) is 11.3 Å². The molecular formula is C6H8O5S2. The van der Waals surface area contributed by atoms with Crippen molar-refractivity contribution in [2.24, 2.45) is 0 Å². The van der Waals surface area contributed by atoms with Gasteiger partial charge in [-0.15, -0.1) is 0 Å². The van der Waals surface area contributed by atoms with Crippen molar-refractivity contribution in [1.29, 1.82) is 0 Å². The van der Waals surface area contributed by atoms with E-state index in [1.165, 1.54) is 20.3 Å². The highest BCUT2D eigenvalue weighted by molar-refractivity contribution is 7.88. The van der Waals surface area contributed by atoms with E-state index < -0.39 is 10.1 Å². The molecule has 0 atom stereocenters. The van der Waals surface area contributed by atoms with Crippen LogP contribution >= 0.6 is 11.3 Å². The van der Waals surface area contributed by atoms with Crippen molar-refractivity contribution >= 4 is 21.5 Å². The van der Waals surface area contributed by atoms with Crippen LogP contribution in [0.5, 0.6) is 10.8 Å². The van der Waals surface area contributed by atoms with Gasteiger partial charge in [-0.25, -0.2) is 0 Å². The van der Waals surface area contributed by atoms with Crippen molar-refractivity contribution < 1.29 is 22.4 Å². The van der Waals surface area contributed by atoms with Crippen LogP contribution in [0.25, 0.3) is 0 Å². The standard InChI is InChI=1S/C6H8O5S2/c1-10-4-3-5(13(7,8)9)12-6(4)11-2/h3H,1-2H3,(H,7,8,9). The first-order valence-electron chi connectivity index (χ1n) is 3.18. The molecule has 0 aliphatic rings. The summed E-state index contributed by atoms with van der Waals surface area (Å²) in [5, 5.41) is 0.315. The maximum absolute atomic E-state index is 10.7. The van der Waals surface area contributed by atoms with Gasteiger partial charge in [0, 0.05) is 6.07 Å². The summed E-state index contributed by atoms with van der Waals surface area (Å²) in [6, 6.07) is 1.21. The first-order chi connectivity index (χ1) is 5.99. The number of rotatable bonds is 3. The molecule has 0 spiro atoms. The van der Waals surface area contributed by atoms with Crippen LogP contribution in [-0.4, -0.2) is 27.2 Å². The molecule has 0 aliphatic carbocycles. The Labute approximate surface area is 79.7 Å². The van der Waals surface area contributed by atoms with Gasteiger partial charge >= 0.3 is 10.1 Å². The molecule has 13 heavy (non-hydrogen) atoms. The average Bonchev–Trinajstić information content (AvgIpc) is 2.45. The summed E-state index contributed by atoms with van der Waals surface area (Å²) in [7, 11) is -1.39. The van der Waals surface area contributed by atoms with Gasteiger partial charge in [0.05, 0.1) is 14.2 Å². The topological polar surface area (TPSA) is 72.8 Å². The molecule has 0 saturated carbocycles. The quantitative estimate of drug-likeness (QED) is 0.776. The number of hydrogen-bond acceptors (Lipinski definition) is 5. The Morgan fingerprint density at radius 1 is 1.38 bits per heavy atom. The Kier molecular flexibility index (Phi) is 2.79. The summed E-state index contributed by atoms with van der Waals surface area (Å²) in [6.45, 7) is 0. The van der Waals surface area contributed by atoms with E-state index in [0.29, 0.717) is 10.8 Å². The molecule has 0 aromatic carbocycles. The van der Waals surface area contributed by atoms with Gasteiger partial charge in [-0.1, -0.05) is 11.3 Å². The normalized spacial score (nSPS) is 11.3. The van der Waals surface area contributed by atoms with Crippen LogP contribution in [0.1, 0.15) is 0 Å². The van der Waals surface area contributed by atoms with Crippen molar-refractivity contribution in [2.75, 3.05) is 14.2 Å². The van der Waals surface area contributed by atoms with Gasteiger partial charge in [0.25, 0.3) is 0 Å². The fourth-order valence-corrected chi connectivity index (χ4v) is 2.33. The Bertz CT molecular complexity index is 370. The minimum absolute atomic E-state index is 0.193. The number of thiophene rings is 1. The van der Waals surface area contributed by atoms with Gasteiger partial charge in [0.15, 0.2) is 9.96 Å². The molecule has 0 bridgehead atoms. The third kappa shape index (κ3) is 2.11. The molecule has 0 amide bonds. The van der Waals surface area contributed by atoms with E-state index in [1.807, 2.05) is 0 Å². The Morgan fingerprint density at radius 3 is 2.31 bits per heavy atom. The van der Waals surface area contributed by atoms with Crippen LogP contribution < -0.4 is 9.47 Å². The lowest BCUT2D eigenvalue weighted by Gasteiger charge is -1.97. The Hall–Kier alpha value is -0.790. The van der Waals surface area contributed by atoms with Gasteiger partial charge < -0.3 is 9.47 Å². The van der Waals surface area contributed by atoms with Crippen molar-refractivity contribution in [3.05, 3.63) is 6.07 Å². The Balaban J connectivity index is 3.22. The highest BCUT2D eigenvalue weighted by atomic mass is 32.3. The Morgan fingerprint density at radius 2 is 2.00 bits per heavy atom. The summed E-state index contributed by atoms with van der Waals surface area (Å²) in [4.78, 5) is 0. The number of hydrogen-bond donors (Lipinski definition) is 1. The molecule has 5 nitrogen and oxygen atoms in total. The maximum Gasteiger partial charge on any atom is 0.304 e. The van der Waals surface area contributed by atoms with Gasteiger partial charge in [-0.05, 0) is 0 Å². The molecular weight excluding hydrogens is 216 g/mol. The molecule has 1 aromatic rings. The zero-order valence-electron chi connectivity index (χ0n) is 6.97. The van der Waals surface area contributed by atoms with E-state index in [2.05, 4.69) is 0 Å². The lowest BCUT2D eigenvalue weighted by atomic mass is 10.6. The van der Waals surface area contributed by atoms with Gasteiger partial charge in [-0.2, -0.15) is 8.42 Å². The van der Waals surface area contributed by atoms with Crippen molar-refractivity contribution in [2.45, 2.75) is 4.21 Å². The molecule has 74 valence electrons. The van der Waals surface area contributed by atoms with Crippen molar-refractivity contribution in [1.82, 2.24) is 0 Å². The van der Waals surface area contributed by atoms with Crippen molar-refractivity contribution in [3.8, 4) is 10.8 Å². The van der Waals surface area contributed by atoms with Crippen LogP contribution in [0, 0.1) is 0 Å². The second-order valence-corrected chi connectivity index (χ2v) is 4.76. The predicted octanol–water partition coefficient (Wildman–Crippen LogP) is 1.01. The first kappa shape index (κ1) is 10.3. The molecule has 0 unspecified atom stereocenters. The molecule has 0 radical (unpaired) electrons. The SMILES string of the molecule is COc1cc(S(=O)(=O)O)sc1OC. The molecule has 1 rings (SSSR count). The largest absolute Gasteiger partial charge is 0.492 e. The predicted molar refractivity (Wildman–Crippen MR) is 47.2 cm³/mol. The smallest absolute Gasteiger partial charge is 0.304 e. The molecule has 0 fully saturated rings. The molecule has 1 aromatic heterocycles. The first-order valence-corrected chi connectivity index (χ1v) is 5.44. The zero-order valence-corrected chi connectivity index (χ0v) is 8.61. The third-order valence-corrected chi connectivity index (χ3v) is 3.68. The zero-order chi connectivity index (χ0) is 10.1. The highest BCUT2D eigenvalue weighted by Gasteiger charge is 2.18. The monoisotopic (exact) mass is 224 g/mol. The molecule has 0 saturated heterocycles. The molecule has 0 aliphatic heterocycles. The van der Waals surface area contributed by atoms with Crippen LogP contribution in [0.3, 0.4) is 0 Å². The van der Waals surface area contributed by atoms with Crippen LogP contribution in [0.15, 0.2) is 10.3 Å². The van der Waals surface area contributed by atoms with Crippen LogP contribution in [0.2, 0.25) is 0 Å². The minimum atomic E-state index is -4.17. The lowest BCUT2D eigenvalue weighted by Crippen LogP contribution is -1.93. The summed E-state index contributed by atoms with van der Waals surface area (Å²) in [5.41, 5.74) is 0. The van der Waals surface area contributed by atoms with Crippen LogP contribution in [-0.2, 0) is 10.1 Å². The number of ether oxygens (including phenoxy) is 2. The fourth-order valence-electron chi connectivity index (χ4n) is 0.749. The van der Waals surface area contributed by atoms with E-state index in [-0.39, 0.29) is 4.21 Å². The maximum atomic E-state index is 10.7. The van der Waals surface area contributed by atoms with E-state index in [9.17, 15) is 8.42 Å². The average molecular weight is 224 g/mol. The third-order valence-electron chi connectivity index (χ3n) is 1.30. The number of methoxy groups -OCH3 is 2. The summed E-state index contributed by atoms with van der Waals surface area (Å²) < 4.78 is 39.5. The van der Waals surface area contributed by atoms with E-state index in [4.69, 9.17) is 14.0 Å². The van der Waals surface area contributed by atoms with E-state index >= 15 is 0 Å². The summed E-state index contributed by atoms with van der Waals surface area (Å²) in [6.07, 6.45) is 0. The van der Waals surface area contributed by atoms with Gasteiger partial charge in [-0.3, -0.25) is 4.55 Å². The van der Waals surface area contributed by atoms with Crippen LogP contribution in [0.4, 0.5) is 0 Å². The second-order valence-electron chi connectivity index (χ2n) is 2.10. The second kappa shape index (κ2) is 3.52. The molecule has 1 N–H and O–H groups in total. The summed E-state index contributed by atoms with van der Waals surface area (Å²) >= 11 is 0.806. The van der Waals surface area contributed by atoms with Gasteiger partial charge in [0.2, 0.25) is 5.06 Å². The summed E-state index contributed by atoms with van der Waals surface area (Å²) in [5.74, 6) is 0.292. The minimum Gasteiger partial charge on any atom is -0.492 e.